The van der Waals surface area contributed by atoms with E-state index in [1.165, 1.54) is 6.07 Å². The van der Waals surface area contributed by atoms with Gasteiger partial charge in [-0.05, 0) is 76.5 Å². The number of carbonyl (C=O) groups excluding carboxylic acids is 5. The van der Waals surface area contributed by atoms with Crippen LogP contribution < -0.4 is 16.4 Å². The number of ether oxygens (including phenoxy) is 1. The molecule has 1 saturated heterocycles. The monoisotopic (exact) mass is 756 g/mol. The number of rotatable bonds is 15. The van der Waals surface area contributed by atoms with Gasteiger partial charge in [0.2, 0.25) is 17.7 Å². The number of hydrogen-bond acceptors (Lipinski definition) is 9. The van der Waals surface area contributed by atoms with Crippen LogP contribution in [0.3, 0.4) is 0 Å². The summed E-state index contributed by atoms with van der Waals surface area (Å²) < 4.78 is 5.36. The van der Waals surface area contributed by atoms with Gasteiger partial charge in [0.1, 0.15) is 18.3 Å². The highest BCUT2D eigenvalue weighted by Gasteiger charge is 2.43. The zero-order valence-corrected chi connectivity index (χ0v) is 32.4. The minimum Gasteiger partial charge on any atom is -0.390 e. The molecule has 6 unspecified atom stereocenters. The summed E-state index contributed by atoms with van der Waals surface area (Å²) >= 11 is 0. The first-order valence-corrected chi connectivity index (χ1v) is 19.4. The Morgan fingerprint density at radius 2 is 1.67 bits per heavy atom. The lowest BCUT2D eigenvalue weighted by Gasteiger charge is -2.47. The first-order chi connectivity index (χ1) is 26.2. The molecule has 13 nitrogen and oxygen atoms in total. The number of β-amino-alcohol motifs (C(OH)–C–C–N with tert-alkyl or cyclic N) is 1. The van der Waals surface area contributed by atoms with Crippen molar-refractivity contribution < 1.29 is 33.8 Å². The van der Waals surface area contributed by atoms with Gasteiger partial charge in [0.05, 0.1) is 30.1 Å². The van der Waals surface area contributed by atoms with Crippen LogP contribution >= 0.6 is 0 Å². The Hall–Kier alpha value is -4.72. The quantitative estimate of drug-likeness (QED) is 0.181. The van der Waals surface area contributed by atoms with Gasteiger partial charge in [-0.15, -0.1) is 0 Å². The van der Waals surface area contributed by atoms with Crippen molar-refractivity contribution in [2.45, 2.75) is 102 Å². The summed E-state index contributed by atoms with van der Waals surface area (Å²) in [6.07, 6.45) is 3.38. The van der Waals surface area contributed by atoms with Gasteiger partial charge >= 0.3 is 0 Å². The molecule has 1 aliphatic carbocycles. The number of amides is 5. The number of nitrogens with zero attached hydrogens (tertiary/aromatic N) is 3. The number of pyridine rings is 1. The molecule has 296 valence electrons. The number of aromatic nitrogens is 1. The van der Waals surface area contributed by atoms with Crippen molar-refractivity contribution in [2.24, 2.45) is 17.6 Å². The molecule has 2 fully saturated rings. The first-order valence-electron chi connectivity index (χ1n) is 19.4. The van der Waals surface area contributed by atoms with Gasteiger partial charge in [-0.3, -0.25) is 33.8 Å². The molecule has 2 aliphatic rings. The molecule has 6 atom stereocenters. The zero-order chi connectivity index (χ0) is 39.7. The smallest absolute Gasteiger partial charge is 0.279 e. The van der Waals surface area contributed by atoms with Gasteiger partial charge in [-0.25, -0.2) is 4.98 Å². The number of benzene rings is 2. The number of piperidine rings is 1. The molecule has 0 radical (unpaired) electrons. The Bertz CT molecular complexity index is 1810. The Kier molecular flexibility index (Phi) is 14.1. The molecule has 55 heavy (non-hydrogen) atoms. The number of para-hydroxylation sites is 1. The third kappa shape index (κ3) is 11.2. The number of nitrogens with one attached hydrogen (secondary N) is 2. The molecule has 2 aromatic carbocycles. The maximum Gasteiger partial charge on any atom is 0.279 e. The SMILES string of the molecule is CCOCC(=O)N(C(=O)c1ccc2ccccc2n1)C(CC(N)=O)C(=O)NC(Cc1ccccc1)C(O)CN1CC2CCCCC2CC1C(=O)NC(C)(C)C. The lowest BCUT2D eigenvalue weighted by atomic mass is 9.72. The van der Waals surface area contributed by atoms with E-state index in [9.17, 15) is 29.1 Å². The number of fused-ring (bicyclic) bond motifs is 2. The highest BCUT2D eigenvalue weighted by Crippen LogP contribution is 2.39. The average molecular weight is 757 g/mol. The number of likely N-dealkylation sites (tertiary alicyclic amines) is 1. The van der Waals surface area contributed by atoms with Crippen molar-refractivity contribution in [3.63, 3.8) is 0 Å². The minimum atomic E-state index is -1.68. The molecule has 3 aromatic rings. The average Bonchev–Trinajstić information content (AvgIpc) is 3.15. The van der Waals surface area contributed by atoms with Gasteiger partial charge in [-0.2, -0.15) is 0 Å². The van der Waals surface area contributed by atoms with Crippen molar-refractivity contribution in [1.29, 1.82) is 0 Å². The molecule has 0 spiro atoms. The summed E-state index contributed by atoms with van der Waals surface area (Å²) in [7, 11) is 0. The molecule has 5 amide bonds. The summed E-state index contributed by atoms with van der Waals surface area (Å²) in [5.41, 5.74) is 6.40. The van der Waals surface area contributed by atoms with Gasteiger partial charge in [0, 0.05) is 30.6 Å². The van der Waals surface area contributed by atoms with Crippen LogP contribution in [0.25, 0.3) is 10.9 Å². The molecule has 13 heteroatoms. The number of primary amides is 1. The second kappa shape index (κ2) is 18.7. The maximum atomic E-state index is 14.4. The van der Waals surface area contributed by atoms with E-state index in [1.54, 1.807) is 25.1 Å². The van der Waals surface area contributed by atoms with E-state index in [0.717, 1.165) is 36.6 Å². The van der Waals surface area contributed by atoms with E-state index >= 15 is 0 Å². The van der Waals surface area contributed by atoms with Crippen molar-refractivity contribution in [3.05, 3.63) is 78.0 Å². The lowest BCUT2D eigenvalue weighted by molar-refractivity contribution is -0.142. The molecule has 1 aromatic heterocycles. The van der Waals surface area contributed by atoms with Crippen LogP contribution in [0.2, 0.25) is 0 Å². The van der Waals surface area contributed by atoms with Gasteiger partial charge in [0.15, 0.2) is 0 Å². The van der Waals surface area contributed by atoms with Crippen LogP contribution in [0.5, 0.6) is 0 Å². The highest BCUT2D eigenvalue weighted by atomic mass is 16.5. The molecule has 5 N–H and O–H groups in total. The van der Waals surface area contributed by atoms with E-state index in [4.69, 9.17) is 10.5 Å². The number of aliphatic hydroxyl groups excluding tert-OH is 1. The second-order valence-corrected chi connectivity index (χ2v) is 15.9. The topological polar surface area (TPSA) is 184 Å². The van der Waals surface area contributed by atoms with Crippen LogP contribution in [0, 0.1) is 11.8 Å². The fourth-order valence-electron chi connectivity index (χ4n) is 7.91. The Balaban J connectivity index is 1.46. The van der Waals surface area contributed by atoms with Crippen LogP contribution in [-0.2, 0) is 30.3 Å². The summed E-state index contributed by atoms with van der Waals surface area (Å²) in [6, 6.07) is 16.5. The van der Waals surface area contributed by atoms with E-state index < -0.39 is 66.4 Å². The predicted octanol–water partition coefficient (Wildman–Crippen LogP) is 3.37. The normalized spacial score (nSPS) is 20.4. The van der Waals surface area contributed by atoms with E-state index in [1.807, 2.05) is 68.1 Å². The first kappa shape index (κ1) is 41.4. The zero-order valence-electron chi connectivity index (χ0n) is 32.4. The summed E-state index contributed by atoms with van der Waals surface area (Å²) in [6.45, 7) is 7.83. The van der Waals surface area contributed by atoms with Crippen molar-refractivity contribution in [1.82, 2.24) is 25.4 Å². The van der Waals surface area contributed by atoms with E-state index in [2.05, 4.69) is 15.6 Å². The molecular formula is C42H56N6O7. The van der Waals surface area contributed by atoms with Crippen LogP contribution in [-0.4, -0.2) is 105 Å². The number of aliphatic hydroxyl groups is 1. The number of imide groups is 1. The Morgan fingerprint density at radius 3 is 2.36 bits per heavy atom. The minimum absolute atomic E-state index is 0.0800. The maximum absolute atomic E-state index is 14.4. The largest absolute Gasteiger partial charge is 0.390 e. The van der Waals surface area contributed by atoms with Gasteiger partial charge in [-0.1, -0.05) is 73.9 Å². The van der Waals surface area contributed by atoms with Crippen molar-refractivity contribution in [2.75, 3.05) is 26.3 Å². The number of nitrogens with two attached hydrogens (primary N) is 1. The molecule has 5 rings (SSSR count). The predicted molar refractivity (Wildman–Crippen MR) is 208 cm³/mol. The van der Waals surface area contributed by atoms with Gasteiger partial charge in [0.25, 0.3) is 11.8 Å². The molecular weight excluding hydrogens is 700 g/mol. The molecule has 2 heterocycles. The van der Waals surface area contributed by atoms with Crippen LogP contribution in [0.4, 0.5) is 0 Å². The second-order valence-electron chi connectivity index (χ2n) is 15.9. The van der Waals surface area contributed by atoms with Gasteiger partial charge < -0.3 is 26.2 Å². The lowest BCUT2D eigenvalue weighted by Crippen LogP contribution is -2.61. The fourth-order valence-corrected chi connectivity index (χ4v) is 7.91. The van der Waals surface area contributed by atoms with Crippen molar-refractivity contribution in [3.8, 4) is 0 Å². The highest BCUT2D eigenvalue weighted by molar-refractivity contribution is 6.08. The number of carbonyl (C=O) groups is 5. The van der Waals surface area contributed by atoms with Crippen molar-refractivity contribution >= 4 is 40.4 Å². The Morgan fingerprint density at radius 1 is 0.982 bits per heavy atom. The molecule has 1 aliphatic heterocycles. The molecule has 1 saturated carbocycles. The third-order valence-corrected chi connectivity index (χ3v) is 10.6. The number of hydrogen-bond donors (Lipinski definition) is 4. The summed E-state index contributed by atoms with van der Waals surface area (Å²) in [4.78, 5) is 75.8. The third-order valence-electron chi connectivity index (χ3n) is 10.6. The fraction of sp³-hybridized carbons (Fsp3) is 0.524. The standard InChI is InChI=1S/C42H56N6O7/c1-5-55-26-38(51)48(41(54)32-20-19-28-15-11-12-18-31(28)44-32)35(23-37(43)50)39(52)45-33(21-27-13-7-6-8-14-27)36(49)25-47-24-30-17-10-9-16-29(30)22-34(47)40(53)46-42(2,3)4/h6-8,11-15,18-20,29-30,33-36,49H,5,9-10,16-17,21-26H2,1-4H3,(H2,43,50)(H,45,52)(H,46,53). The summed E-state index contributed by atoms with van der Waals surface area (Å²) in [5.74, 6) is -2.82. The molecule has 0 bridgehead atoms. The van der Waals surface area contributed by atoms with Crippen LogP contribution in [0.15, 0.2) is 66.7 Å². The Labute approximate surface area is 323 Å². The summed E-state index contributed by atoms with van der Waals surface area (Å²) in [5, 5.41) is 18.9. The van der Waals surface area contributed by atoms with Crippen LogP contribution in [0.1, 0.15) is 82.3 Å². The van der Waals surface area contributed by atoms with E-state index in [0.29, 0.717) is 35.2 Å². The van der Waals surface area contributed by atoms with E-state index in [-0.39, 0.29) is 31.2 Å².